The fourth-order valence-electron chi connectivity index (χ4n) is 2.56. The van der Waals surface area contributed by atoms with Crippen molar-refractivity contribution in [1.82, 2.24) is 4.98 Å². The zero-order chi connectivity index (χ0) is 15.0. The maximum atomic E-state index is 13.0. The Balaban J connectivity index is 2.00. The first-order valence-electron chi connectivity index (χ1n) is 6.39. The average molecular weight is 292 g/mol. The first-order chi connectivity index (χ1) is 9.98. The summed E-state index contributed by atoms with van der Waals surface area (Å²) >= 11 is 0. The van der Waals surface area contributed by atoms with Gasteiger partial charge in [0, 0.05) is 24.6 Å². The Morgan fingerprint density at radius 2 is 2.00 bits per heavy atom. The van der Waals surface area contributed by atoms with Gasteiger partial charge in [0.05, 0.1) is 11.1 Å². The van der Waals surface area contributed by atoms with Crippen molar-refractivity contribution in [3.63, 3.8) is 0 Å². The first kappa shape index (κ1) is 13.6. The summed E-state index contributed by atoms with van der Waals surface area (Å²) in [6.45, 7) is 0.246. The average Bonchev–Trinajstić information content (AvgIpc) is 2.90. The number of hydrogen-bond acceptors (Lipinski definition) is 2. The molecule has 108 valence electrons. The van der Waals surface area contributed by atoms with E-state index >= 15 is 0 Å². The molecule has 0 fully saturated rings. The smallest absolute Gasteiger partial charge is 0.308 e. The minimum atomic E-state index is -4.40. The molecule has 0 saturated heterocycles. The van der Waals surface area contributed by atoms with Gasteiger partial charge in [-0.15, -0.1) is 0 Å². The lowest BCUT2D eigenvalue weighted by Gasteiger charge is -2.18. The van der Waals surface area contributed by atoms with Crippen LogP contribution in [0, 0.1) is 0 Å². The lowest BCUT2D eigenvalue weighted by molar-refractivity contribution is -0.138. The molecule has 1 aliphatic heterocycles. The van der Waals surface area contributed by atoms with Crippen LogP contribution in [0.5, 0.6) is 0 Å². The molecule has 3 rings (SSSR count). The van der Waals surface area contributed by atoms with E-state index in [1.165, 1.54) is 23.4 Å². The molecule has 1 amide bonds. The number of halogens is 3. The molecule has 0 N–H and O–H groups in total. The van der Waals surface area contributed by atoms with Crippen LogP contribution in [-0.4, -0.2) is 17.4 Å². The first-order valence-corrected chi connectivity index (χ1v) is 6.39. The number of alkyl halides is 3. The van der Waals surface area contributed by atoms with Gasteiger partial charge in [-0.2, -0.15) is 13.2 Å². The summed E-state index contributed by atoms with van der Waals surface area (Å²) in [4.78, 5) is 17.6. The highest BCUT2D eigenvalue weighted by Gasteiger charge is 2.37. The molecule has 1 aromatic carbocycles. The van der Waals surface area contributed by atoms with E-state index in [-0.39, 0.29) is 24.4 Å². The molecule has 1 aliphatic rings. The van der Waals surface area contributed by atoms with Gasteiger partial charge in [0.1, 0.15) is 0 Å². The summed E-state index contributed by atoms with van der Waals surface area (Å²) in [5.41, 5.74) is 0.213. The topological polar surface area (TPSA) is 33.2 Å². The summed E-state index contributed by atoms with van der Waals surface area (Å²) in [7, 11) is 0. The van der Waals surface area contributed by atoms with Crippen LogP contribution >= 0.6 is 0 Å². The number of aromatic nitrogens is 1. The van der Waals surface area contributed by atoms with Crippen molar-refractivity contribution in [2.24, 2.45) is 0 Å². The van der Waals surface area contributed by atoms with Crippen LogP contribution < -0.4 is 4.90 Å². The zero-order valence-electron chi connectivity index (χ0n) is 10.9. The highest BCUT2D eigenvalue weighted by atomic mass is 19.4. The van der Waals surface area contributed by atoms with Gasteiger partial charge in [-0.3, -0.25) is 9.78 Å². The van der Waals surface area contributed by atoms with Crippen LogP contribution in [0.1, 0.15) is 21.5 Å². The van der Waals surface area contributed by atoms with Crippen molar-refractivity contribution < 1.29 is 18.0 Å². The zero-order valence-corrected chi connectivity index (χ0v) is 10.9. The van der Waals surface area contributed by atoms with E-state index < -0.39 is 11.7 Å². The molecule has 0 unspecified atom stereocenters. The highest BCUT2D eigenvalue weighted by Crippen LogP contribution is 2.39. The molecule has 6 heteroatoms. The third kappa shape index (κ3) is 2.37. The largest absolute Gasteiger partial charge is 0.416 e. The molecule has 0 spiro atoms. The fourth-order valence-corrected chi connectivity index (χ4v) is 2.56. The van der Waals surface area contributed by atoms with Crippen LogP contribution in [0.4, 0.5) is 18.9 Å². The van der Waals surface area contributed by atoms with Gasteiger partial charge in [-0.05, 0) is 36.2 Å². The quantitative estimate of drug-likeness (QED) is 0.808. The van der Waals surface area contributed by atoms with Crippen LogP contribution in [-0.2, 0) is 12.6 Å². The maximum Gasteiger partial charge on any atom is 0.416 e. The Morgan fingerprint density at radius 3 is 2.67 bits per heavy atom. The predicted molar refractivity (Wildman–Crippen MR) is 71.1 cm³/mol. The minimum absolute atomic E-state index is 0.183. The number of amides is 1. The molecule has 3 nitrogen and oxygen atoms in total. The van der Waals surface area contributed by atoms with Crippen molar-refractivity contribution in [1.29, 1.82) is 0 Å². The molecule has 0 atom stereocenters. The molecule has 21 heavy (non-hydrogen) atoms. The summed E-state index contributed by atoms with van der Waals surface area (Å²) in [5, 5.41) is 0. The lowest BCUT2D eigenvalue weighted by atomic mass is 10.0. The Labute approximate surface area is 119 Å². The fraction of sp³-hybridized carbons (Fsp3) is 0.200. The molecule has 2 aromatic rings. The monoisotopic (exact) mass is 292 g/mol. The van der Waals surface area contributed by atoms with E-state index in [9.17, 15) is 18.0 Å². The second-order valence-corrected chi connectivity index (χ2v) is 4.75. The van der Waals surface area contributed by atoms with Gasteiger partial charge >= 0.3 is 6.18 Å². The highest BCUT2D eigenvalue weighted by molar-refractivity contribution is 6.07. The second kappa shape index (κ2) is 4.87. The maximum absolute atomic E-state index is 13.0. The van der Waals surface area contributed by atoms with Crippen LogP contribution in [0.25, 0.3) is 0 Å². The van der Waals surface area contributed by atoms with Crippen molar-refractivity contribution >= 4 is 11.6 Å². The van der Waals surface area contributed by atoms with E-state index in [0.717, 1.165) is 6.07 Å². The molecule has 0 aliphatic carbocycles. The number of fused-ring (bicyclic) bond motifs is 1. The van der Waals surface area contributed by atoms with E-state index in [4.69, 9.17) is 0 Å². The molecule has 2 heterocycles. The van der Waals surface area contributed by atoms with Gasteiger partial charge < -0.3 is 4.90 Å². The summed E-state index contributed by atoms with van der Waals surface area (Å²) < 4.78 is 38.9. The number of carbonyl (C=O) groups excluding carboxylic acids is 1. The van der Waals surface area contributed by atoms with Gasteiger partial charge in [0.15, 0.2) is 0 Å². The minimum Gasteiger partial charge on any atom is -0.308 e. The number of carbonyl (C=O) groups is 1. The van der Waals surface area contributed by atoms with Crippen molar-refractivity contribution in [3.05, 3.63) is 59.4 Å². The Hall–Kier alpha value is -2.37. The molecule has 1 aromatic heterocycles. The predicted octanol–water partition coefficient (Wildman–Crippen LogP) is 3.30. The number of nitrogens with zero attached hydrogens (tertiary/aromatic N) is 2. The van der Waals surface area contributed by atoms with E-state index in [2.05, 4.69) is 4.98 Å². The van der Waals surface area contributed by atoms with Crippen molar-refractivity contribution in [2.75, 3.05) is 11.4 Å². The number of anilines is 1. The number of rotatable bonds is 1. The molecular weight excluding hydrogens is 281 g/mol. The molecule has 0 saturated carbocycles. The number of hydrogen-bond donors (Lipinski definition) is 0. The number of benzene rings is 1. The molecule has 0 radical (unpaired) electrons. The SMILES string of the molecule is O=C(c1cccnc1)N1CCc2c1cccc2C(F)(F)F. The number of pyridine rings is 1. The van der Waals surface area contributed by atoms with E-state index in [0.29, 0.717) is 11.3 Å². The van der Waals surface area contributed by atoms with Crippen LogP contribution in [0.3, 0.4) is 0 Å². The van der Waals surface area contributed by atoms with E-state index in [1.54, 1.807) is 18.2 Å². The van der Waals surface area contributed by atoms with Gasteiger partial charge in [-0.1, -0.05) is 6.07 Å². The molecular formula is C15H11F3N2O. The van der Waals surface area contributed by atoms with Gasteiger partial charge in [0.2, 0.25) is 0 Å². The third-order valence-corrected chi connectivity index (χ3v) is 3.49. The molecule has 0 bridgehead atoms. The lowest BCUT2D eigenvalue weighted by Crippen LogP contribution is -2.28. The Bertz CT molecular complexity index is 683. The Kier molecular flexibility index (Phi) is 3.16. The van der Waals surface area contributed by atoms with Gasteiger partial charge in [0.25, 0.3) is 5.91 Å². The van der Waals surface area contributed by atoms with Crippen molar-refractivity contribution in [3.8, 4) is 0 Å². The normalized spacial score (nSPS) is 14.1. The summed E-state index contributed by atoms with van der Waals surface area (Å²) in [6, 6.07) is 7.15. The van der Waals surface area contributed by atoms with Crippen molar-refractivity contribution in [2.45, 2.75) is 12.6 Å². The Morgan fingerprint density at radius 1 is 1.19 bits per heavy atom. The standard InChI is InChI=1S/C15H11F3N2O/c16-15(17,18)12-4-1-5-13-11(12)6-8-20(13)14(21)10-3-2-7-19-9-10/h1-5,7,9H,6,8H2. The summed E-state index contributed by atoms with van der Waals surface area (Å²) in [5.74, 6) is -0.332. The second-order valence-electron chi connectivity index (χ2n) is 4.75. The third-order valence-electron chi connectivity index (χ3n) is 3.49. The van der Waals surface area contributed by atoms with Crippen LogP contribution in [0.15, 0.2) is 42.7 Å². The van der Waals surface area contributed by atoms with Crippen LogP contribution in [0.2, 0.25) is 0 Å². The van der Waals surface area contributed by atoms with Gasteiger partial charge in [-0.25, -0.2) is 0 Å². The van der Waals surface area contributed by atoms with E-state index in [1.807, 2.05) is 0 Å². The summed E-state index contributed by atoms with van der Waals surface area (Å²) in [6.07, 6.45) is -1.25.